The molecule has 0 radical (unpaired) electrons. The van der Waals surface area contributed by atoms with Crippen molar-refractivity contribution in [3.8, 4) is 0 Å². The van der Waals surface area contributed by atoms with Crippen LogP contribution in [0.25, 0.3) is 0 Å². The molecule has 472 valence electrons. The predicted molar refractivity (Wildman–Crippen MR) is 353 cm³/mol. The Kier molecular flexibility index (Phi) is 67.1. The van der Waals surface area contributed by atoms with Crippen LogP contribution in [0.1, 0.15) is 380 Å². The van der Waals surface area contributed by atoms with E-state index in [-0.39, 0.29) is 31.1 Å². The number of carbonyl (C=O) groups excluding carboxylic acids is 3. The summed E-state index contributed by atoms with van der Waals surface area (Å²) in [4.78, 5) is 38.5. The van der Waals surface area contributed by atoms with E-state index in [9.17, 15) is 14.4 Å². The second kappa shape index (κ2) is 69.6. The first kappa shape index (κ1) is 78.1. The van der Waals surface area contributed by atoms with E-state index in [0.717, 1.165) is 96.3 Å². The predicted octanol–water partition coefficient (Wildman–Crippen LogP) is 24.7. The van der Waals surface area contributed by atoms with Crippen molar-refractivity contribution in [2.45, 2.75) is 386 Å². The van der Waals surface area contributed by atoms with Gasteiger partial charge < -0.3 is 14.2 Å². The molecule has 0 aromatic heterocycles. The summed E-state index contributed by atoms with van der Waals surface area (Å²) in [5.74, 6) is -0.872. The topological polar surface area (TPSA) is 78.9 Å². The van der Waals surface area contributed by atoms with E-state index in [1.165, 1.54) is 244 Å². The van der Waals surface area contributed by atoms with Gasteiger partial charge in [-0.05, 0) is 83.5 Å². The molecule has 0 heterocycles. The maximum Gasteiger partial charge on any atom is 0.306 e. The van der Waals surface area contributed by atoms with Gasteiger partial charge in [0.05, 0.1) is 0 Å². The van der Waals surface area contributed by atoms with Crippen molar-refractivity contribution in [3.05, 3.63) is 60.8 Å². The number of carbonyl (C=O) groups is 3. The lowest BCUT2D eigenvalue weighted by molar-refractivity contribution is -0.167. The van der Waals surface area contributed by atoms with Gasteiger partial charge in [0.15, 0.2) is 6.10 Å². The molecular weight excluding hydrogens is 997 g/mol. The average molecular weight is 1130 g/mol. The minimum absolute atomic E-state index is 0.0778. The van der Waals surface area contributed by atoms with Gasteiger partial charge in [-0.25, -0.2) is 0 Å². The van der Waals surface area contributed by atoms with Crippen LogP contribution < -0.4 is 0 Å². The third kappa shape index (κ3) is 67.8. The van der Waals surface area contributed by atoms with Gasteiger partial charge in [0.25, 0.3) is 0 Å². The van der Waals surface area contributed by atoms with Crippen LogP contribution in [0.3, 0.4) is 0 Å². The van der Waals surface area contributed by atoms with Gasteiger partial charge in [-0.2, -0.15) is 0 Å². The Bertz CT molecular complexity index is 1440. The molecule has 0 rings (SSSR count). The van der Waals surface area contributed by atoms with Gasteiger partial charge >= 0.3 is 17.9 Å². The summed E-state index contributed by atoms with van der Waals surface area (Å²) in [6.07, 6.45) is 89.7. The summed E-state index contributed by atoms with van der Waals surface area (Å²) in [7, 11) is 0. The first-order chi connectivity index (χ1) is 40.0. The summed E-state index contributed by atoms with van der Waals surface area (Å²) in [5.41, 5.74) is 0. The molecule has 0 aliphatic heterocycles. The van der Waals surface area contributed by atoms with Crippen molar-refractivity contribution in [3.63, 3.8) is 0 Å². The van der Waals surface area contributed by atoms with E-state index in [1.807, 2.05) is 0 Å². The van der Waals surface area contributed by atoms with Crippen LogP contribution in [0.5, 0.6) is 0 Å². The van der Waals surface area contributed by atoms with E-state index in [0.29, 0.717) is 19.3 Å². The Labute approximate surface area is 504 Å². The minimum Gasteiger partial charge on any atom is -0.462 e. The number of rotatable bonds is 66. The zero-order valence-electron chi connectivity index (χ0n) is 54.3. The summed E-state index contributed by atoms with van der Waals surface area (Å²) >= 11 is 0. The van der Waals surface area contributed by atoms with Crippen LogP contribution in [0.15, 0.2) is 60.8 Å². The van der Waals surface area contributed by atoms with Gasteiger partial charge in [0, 0.05) is 19.3 Å². The van der Waals surface area contributed by atoms with Crippen LogP contribution in [0.4, 0.5) is 0 Å². The highest BCUT2D eigenvalue weighted by Crippen LogP contribution is 2.18. The highest BCUT2D eigenvalue weighted by molar-refractivity contribution is 5.71. The van der Waals surface area contributed by atoms with E-state index >= 15 is 0 Å². The van der Waals surface area contributed by atoms with Gasteiger partial charge in [-0.15, -0.1) is 0 Å². The van der Waals surface area contributed by atoms with Crippen molar-refractivity contribution in [2.24, 2.45) is 0 Å². The van der Waals surface area contributed by atoms with E-state index in [1.54, 1.807) is 0 Å². The molecule has 6 heteroatoms. The quantitative estimate of drug-likeness (QED) is 0.0261. The summed E-state index contributed by atoms with van der Waals surface area (Å²) < 4.78 is 17.0. The Morgan fingerprint density at radius 1 is 0.259 bits per heavy atom. The first-order valence-corrected chi connectivity index (χ1v) is 35.8. The molecule has 6 nitrogen and oxygen atoms in total. The summed E-state index contributed by atoms with van der Waals surface area (Å²) in [5, 5.41) is 0. The lowest BCUT2D eigenvalue weighted by Crippen LogP contribution is -2.30. The molecule has 0 amide bonds. The Hall–Kier alpha value is -2.89. The third-order valence-electron chi connectivity index (χ3n) is 16.0. The van der Waals surface area contributed by atoms with E-state index in [4.69, 9.17) is 14.2 Å². The number of esters is 3. The van der Waals surface area contributed by atoms with Gasteiger partial charge in [0.1, 0.15) is 13.2 Å². The standard InChI is InChI=1S/C75H136O6/c1-4-7-10-13-16-19-22-25-28-31-33-34-35-36-37-38-39-40-42-44-47-50-53-56-59-62-65-68-74(77)80-71-72(70-79-73(76)67-64-61-58-55-52-49-46-43-30-27-24-21-18-15-12-9-6-3)81-75(78)69-66-63-60-57-54-51-48-45-41-32-29-26-23-20-17-14-11-8-5-2/h8,11,17,20,26-27,29-30,41,45,72H,4-7,9-10,12-16,18-19,21-25,28,31-40,42-44,46-71H2,1-3H3/b11-8-,20-17-,29-26-,30-27-,45-41-. The lowest BCUT2D eigenvalue weighted by Gasteiger charge is -2.18. The van der Waals surface area contributed by atoms with E-state index < -0.39 is 6.10 Å². The Morgan fingerprint density at radius 2 is 0.481 bits per heavy atom. The van der Waals surface area contributed by atoms with Crippen LogP contribution in [-0.2, 0) is 28.6 Å². The molecule has 0 saturated heterocycles. The normalized spacial score (nSPS) is 12.4. The largest absolute Gasteiger partial charge is 0.462 e. The maximum absolute atomic E-state index is 12.9. The maximum atomic E-state index is 12.9. The Morgan fingerprint density at radius 3 is 0.765 bits per heavy atom. The fraction of sp³-hybridized carbons (Fsp3) is 0.827. The fourth-order valence-corrected chi connectivity index (χ4v) is 10.7. The second-order valence-electron chi connectivity index (χ2n) is 24.1. The highest BCUT2D eigenvalue weighted by atomic mass is 16.6. The van der Waals surface area contributed by atoms with E-state index in [2.05, 4.69) is 81.5 Å². The van der Waals surface area contributed by atoms with Gasteiger partial charge in [-0.1, -0.05) is 338 Å². The second-order valence-corrected chi connectivity index (χ2v) is 24.1. The van der Waals surface area contributed by atoms with Gasteiger partial charge in [0.2, 0.25) is 0 Å². The monoisotopic (exact) mass is 1130 g/mol. The molecule has 81 heavy (non-hydrogen) atoms. The van der Waals surface area contributed by atoms with Crippen molar-refractivity contribution in [2.75, 3.05) is 13.2 Å². The molecule has 0 aliphatic rings. The molecular formula is C75H136O6. The minimum atomic E-state index is -0.784. The molecule has 0 aromatic carbocycles. The van der Waals surface area contributed by atoms with Gasteiger partial charge in [-0.3, -0.25) is 14.4 Å². The lowest BCUT2D eigenvalue weighted by atomic mass is 10.0. The SMILES string of the molecule is CC/C=C\C/C=C\C/C=C\C/C=C\CCCCCCCCC(=O)OC(COC(=O)CCCCCCCCC/C=C\CCCCCCCC)COC(=O)CCCCCCCCCCCCCCCCCCCCCCCCCCCCC. The van der Waals surface area contributed by atoms with Crippen LogP contribution in [0.2, 0.25) is 0 Å². The molecule has 1 atom stereocenters. The van der Waals surface area contributed by atoms with Crippen molar-refractivity contribution in [1.29, 1.82) is 0 Å². The number of allylic oxidation sites excluding steroid dienone is 10. The van der Waals surface area contributed by atoms with Crippen LogP contribution in [0, 0.1) is 0 Å². The van der Waals surface area contributed by atoms with Crippen molar-refractivity contribution in [1.82, 2.24) is 0 Å². The van der Waals surface area contributed by atoms with Crippen LogP contribution >= 0.6 is 0 Å². The third-order valence-corrected chi connectivity index (χ3v) is 16.0. The van der Waals surface area contributed by atoms with Crippen molar-refractivity contribution >= 4 is 17.9 Å². The molecule has 0 bridgehead atoms. The number of ether oxygens (including phenoxy) is 3. The number of hydrogen-bond acceptors (Lipinski definition) is 6. The molecule has 0 saturated carbocycles. The molecule has 0 aromatic rings. The molecule has 0 spiro atoms. The molecule has 1 unspecified atom stereocenters. The summed E-state index contributed by atoms with van der Waals surface area (Å²) in [6, 6.07) is 0. The average Bonchev–Trinajstić information content (AvgIpc) is 3.47. The molecule has 0 fully saturated rings. The summed E-state index contributed by atoms with van der Waals surface area (Å²) in [6.45, 7) is 6.58. The molecule has 0 N–H and O–H groups in total. The zero-order valence-corrected chi connectivity index (χ0v) is 54.3. The number of hydrogen-bond donors (Lipinski definition) is 0. The molecule has 0 aliphatic carbocycles. The Balaban J connectivity index is 4.28. The zero-order chi connectivity index (χ0) is 58.5. The first-order valence-electron chi connectivity index (χ1n) is 35.8. The van der Waals surface area contributed by atoms with Crippen molar-refractivity contribution < 1.29 is 28.6 Å². The smallest absolute Gasteiger partial charge is 0.306 e. The van der Waals surface area contributed by atoms with Crippen LogP contribution in [-0.4, -0.2) is 37.2 Å². The number of unbranched alkanes of at least 4 members (excludes halogenated alkanes) is 45. The highest BCUT2D eigenvalue weighted by Gasteiger charge is 2.19. The fourth-order valence-electron chi connectivity index (χ4n) is 10.7.